The SMILES string of the molecule is Cc1c(Br)ccc(C(C)C)c1Br. The van der Waals surface area contributed by atoms with Crippen LogP contribution in [0.25, 0.3) is 0 Å². The smallest absolute Gasteiger partial charge is 0.0250 e. The Morgan fingerprint density at radius 2 is 1.75 bits per heavy atom. The fourth-order valence-corrected chi connectivity index (χ4v) is 2.53. The molecule has 0 aliphatic rings. The Morgan fingerprint density at radius 3 is 2.25 bits per heavy atom. The number of halogens is 2. The zero-order chi connectivity index (χ0) is 9.30. The molecule has 1 aromatic carbocycles. The highest BCUT2D eigenvalue weighted by atomic mass is 79.9. The molecule has 0 nitrogen and oxygen atoms in total. The van der Waals surface area contributed by atoms with Gasteiger partial charge in [-0.3, -0.25) is 0 Å². The second-order valence-electron chi connectivity index (χ2n) is 3.23. The lowest BCUT2D eigenvalue weighted by Gasteiger charge is -2.11. The van der Waals surface area contributed by atoms with Crippen molar-refractivity contribution in [2.24, 2.45) is 0 Å². The molecule has 0 bridgehead atoms. The molecule has 0 N–H and O–H groups in total. The van der Waals surface area contributed by atoms with Crippen molar-refractivity contribution in [3.05, 3.63) is 32.2 Å². The summed E-state index contributed by atoms with van der Waals surface area (Å²) in [5.41, 5.74) is 2.65. The van der Waals surface area contributed by atoms with Crippen LogP contribution in [-0.4, -0.2) is 0 Å². The van der Waals surface area contributed by atoms with Crippen molar-refractivity contribution < 1.29 is 0 Å². The summed E-state index contributed by atoms with van der Waals surface area (Å²) in [6.45, 7) is 6.51. The first-order chi connectivity index (χ1) is 5.54. The largest absolute Gasteiger partial charge is 0.0586 e. The normalized spacial score (nSPS) is 10.8. The van der Waals surface area contributed by atoms with Gasteiger partial charge in [0.15, 0.2) is 0 Å². The van der Waals surface area contributed by atoms with Crippen LogP contribution in [0.4, 0.5) is 0 Å². The lowest BCUT2D eigenvalue weighted by molar-refractivity contribution is 0.858. The summed E-state index contributed by atoms with van der Waals surface area (Å²) in [4.78, 5) is 0. The predicted octanol–water partition coefficient (Wildman–Crippen LogP) is 4.64. The minimum absolute atomic E-state index is 0.575. The quantitative estimate of drug-likeness (QED) is 0.707. The van der Waals surface area contributed by atoms with Crippen LogP contribution in [-0.2, 0) is 0 Å². The number of benzene rings is 1. The minimum atomic E-state index is 0.575. The van der Waals surface area contributed by atoms with E-state index in [1.165, 1.54) is 20.1 Å². The predicted molar refractivity (Wildman–Crippen MR) is 60.7 cm³/mol. The van der Waals surface area contributed by atoms with E-state index in [1.807, 2.05) is 0 Å². The van der Waals surface area contributed by atoms with Crippen molar-refractivity contribution in [1.29, 1.82) is 0 Å². The van der Waals surface area contributed by atoms with E-state index >= 15 is 0 Å². The Morgan fingerprint density at radius 1 is 1.17 bits per heavy atom. The van der Waals surface area contributed by atoms with Gasteiger partial charge in [0.25, 0.3) is 0 Å². The van der Waals surface area contributed by atoms with Crippen molar-refractivity contribution >= 4 is 31.9 Å². The lowest BCUT2D eigenvalue weighted by Crippen LogP contribution is -1.91. The number of rotatable bonds is 1. The zero-order valence-corrected chi connectivity index (χ0v) is 10.7. The summed E-state index contributed by atoms with van der Waals surface area (Å²) in [5.74, 6) is 0.575. The Kier molecular flexibility index (Phi) is 3.36. The van der Waals surface area contributed by atoms with Gasteiger partial charge < -0.3 is 0 Å². The highest BCUT2D eigenvalue weighted by Crippen LogP contribution is 2.31. The molecule has 66 valence electrons. The maximum Gasteiger partial charge on any atom is 0.0250 e. The molecule has 0 aliphatic carbocycles. The van der Waals surface area contributed by atoms with Crippen molar-refractivity contribution in [2.75, 3.05) is 0 Å². The molecule has 0 unspecified atom stereocenters. The van der Waals surface area contributed by atoms with E-state index in [2.05, 4.69) is 64.8 Å². The van der Waals surface area contributed by atoms with Gasteiger partial charge in [-0.25, -0.2) is 0 Å². The average Bonchev–Trinajstić information content (AvgIpc) is 2.00. The van der Waals surface area contributed by atoms with Crippen molar-refractivity contribution in [3.63, 3.8) is 0 Å². The molecule has 2 heteroatoms. The summed E-state index contributed by atoms with van der Waals surface area (Å²) >= 11 is 7.10. The molecule has 12 heavy (non-hydrogen) atoms. The van der Waals surface area contributed by atoms with Gasteiger partial charge in [0.1, 0.15) is 0 Å². The van der Waals surface area contributed by atoms with Crippen LogP contribution in [0.2, 0.25) is 0 Å². The Labute approximate surface area is 90.6 Å². The van der Waals surface area contributed by atoms with Crippen LogP contribution < -0.4 is 0 Å². The van der Waals surface area contributed by atoms with Crippen molar-refractivity contribution in [3.8, 4) is 0 Å². The Hall–Kier alpha value is 0.180. The topological polar surface area (TPSA) is 0 Å². The van der Waals surface area contributed by atoms with Gasteiger partial charge in [-0.05, 0) is 30.0 Å². The van der Waals surface area contributed by atoms with Gasteiger partial charge in [0.05, 0.1) is 0 Å². The third-order valence-corrected chi connectivity index (χ3v) is 3.88. The molecule has 0 atom stereocenters. The molecule has 1 aromatic rings. The molecule has 0 heterocycles. The Bertz CT molecular complexity index is 290. The van der Waals surface area contributed by atoms with Gasteiger partial charge in [-0.2, -0.15) is 0 Å². The first-order valence-electron chi connectivity index (χ1n) is 3.98. The summed E-state index contributed by atoms with van der Waals surface area (Å²) in [5, 5.41) is 0. The molecule has 0 aliphatic heterocycles. The Balaban J connectivity index is 3.27. The maximum absolute atomic E-state index is 3.60. The van der Waals surface area contributed by atoms with Gasteiger partial charge in [-0.15, -0.1) is 0 Å². The van der Waals surface area contributed by atoms with Gasteiger partial charge >= 0.3 is 0 Å². The first-order valence-corrected chi connectivity index (χ1v) is 5.57. The number of hydrogen-bond acceptors (Lipinski definition) is 0. The fourth-order valence-electron chi connectivity index (χ4n) is 1.13. The van der Waals surface area contributed by atoms with Crippen molar-refractivity contribution in [1.82, 2.24) is 0 Å². The van der Waals surface area contributed by atoms with Crippen LogP contribution in [0.5, 0.6) is 0 Å². The fraction of sp³-hybridized carbons (Fsp3) is 0.400. The van der Waals surface area contributed by atoms with Crippen LogP contribution in [0, 0.1) is 6.92 Å². The lowest BCUT2D eigenvalue weighted by atomic mass is 10.0. The molecule has 0 aromatic heterocycles. The zero-order valence-electron chi connectivity index (χ0n) is 7.49. The number of hydrogen-bond donors (Lipinski definition) is 0. The van der Waals surface area contributed by atoms with E-state index in [1.54, 1.807) is 0 Å². The minimum Gasteiger partial charge on any atom is -0.0586 e. The van der Waals surface area contributed by atoms with E-state index in [9.17, 15) is 0 Å². The molecule has 0 saturated heterocycles. The highest BCUT2D eigenvalue weighted by Gasteiger charge is 2.08. The van der Waals surface area contributed by atoms with Crippen LogP contribution in [0.3, 0.4) is 0 Å². The molecule has 0 fully saturated rings. The molecule has 0 saturated carbocycles. The summed E-state index contributed by atoms with van der Waals surface area (Å²) in [6, 6.07) is 4.27. The molecule has 0 spiro atoms. The van der Waals surface area contributed by atoms with Gasteiger partial charge in [0, 0.05) is 8.95 Å². The summed E-state index contributed by atoms with van der Waals surface area (Å²) < 4.78 is 2.39. The van der Waals surface area contributed by atoms with E-state index < -0.39 is 0 Å². The summed E-state index contributed by atoms with van der Waals surface area (Å²) in [6.07, 6.45) is 0. The van der Waals surface area contributed by atoms with Crippen LogP contribution >= 0.6 is 31.9 Å². The molecule has 1 rings (SSSR count). The molecular formula is C10H12Br2. The van der Waals surface area contributed by atoms with Gasteiger partial charge in [0.2, 0.25) is 0 Å². The van der Waals surface area contributed by atoms with Crippen LogP contribution in [0.15, 0.2) is 21.1 Å². The third-order valence-electron chi connectivity index (χ3n) is 1.97. The standard InChI is InChI=1S/C10H12Br2/c1-6(2)8-4-5-9(11)7(3)10(8)12/h4-6H,1-3H3. The second kappa shape index (κ2) is 3.93. The van der Waals surface area contributed by atoms with Crippen LogP contribution in [0.1, 0.15) is 30.9 Å². The van der Waals surface area contributed by atoms with E-state index in [0.29, 0.717) is 5.92 Å². The molecular weight excluding hydrogens is 280 g/mol. The summed E-state index contributed by atoms with van der Waals surface area (Å²) in [7, 11) is 0. The third kappa shape index (κ3) is 1.91. The molecule has 0 amide bonds. The van der Waals surface area contributed by atoms with Crippen molar-refractivity contribution in [2.45, 2.75) is 26.7 Å². The van der Waals surface area contributed by atoms with Gasteiger partial charge in [-0.1, -0.05) is 51.8 Å². The van der Waals surface area contributed by atoms with E-state index in [4.69, 9.17) is 0 Å². The van der Waals surface area contributed by atoms with E-state index in [0.717, 1.165) is 0 Å². The highest BCUT2D eigenvalue weighted by molar-refractivity contribution is 9.11. The monoisotopic (exact) mass is 290 g/mol. The van der Waals surface area contributed by atoms with E-state index in [-0.39, 0.29) is 0 Å². The second-order valence-corrected chi connectivity index (χ2v) is 4.88. The first kappa shape index (κ1) is 10.3. The maximum atomic E-state index is 3.60. The molecule has 0 radical (unpaired) electrons. The average molecular weight is 292 g/mol.